The maximum atomic E-state index is 12.5. The van der Waals surface area contributed by atoms with Crippen molar-refractivity contribution in [2.45, 2.75) is 39.7 Å². The smallest absolute Gasteiger partial charge is 0.277 e. The Kier molecular flexibility index (Phi) is 3.94. The summed E-state index contributed by atoms with van der Waals surface area (Å²) in [6, 6.07) is 2.88. The van der Waals surface area contributed by atoms with Gasteiger partial charge >= 0.3 is 6.03 Å². The second kappa shape index (κ2) is 5.36. The molecule has 1 aromatic heterocycles. The number of nitrogens with one attached hydrogen (secondary N) is 1. The van der Waals surface area contributed by atoms with Crippen molar-refractivity contribution in [2.24, 2.45) is 5.41 Å². The average molecular weight is 294 g/mol. The summed E-state index contributed by atoms with van der Waals surface area (Å²) in [6.07, 6.45) is 1.53. The van der Waals surface area contributed by atoms with Crippen LogP contribution in [0.15, 0.2) is 17.5 Å². The van der Waals surface area contributed by atoms with Gasteiger partial charge in [-0.1, -0.05) is 19.4 Å². The van der Waals surface area contributed by atoms with Crippen LogP contribution in [0.25, 0.3) is 0 Å². The van der Waals surface area contributed by atoms with E-state index in [-0.39, 0.29) is 6.04 Å². The minimum atomic E-state index is -1.21. The molecule has 2 heterocycles. The molecule has 5 nitrogen and oxygen atoms in total. The van der Waals surface area contributed by atoms with E-state index in [9.17, 15) is 14.4 Å². The number of carbonyl (C=O) groups is 3. The lowest BCUT2D eigenvalue weighted by molar-refractivity contribution is -0.150. The molecular formula is C14H18N2O3S. The maximum Gasteiger partial charge on any atom is 0.331 e. The van der Waals surface area contributed by atoms with Gasteiger partial charge in [-0.05, 0) is 31.7 Å². The second-order valence-electron chi connectivity index (χ2n) is 5.38. The van der Waals surface area contributed by atoms with Crippen molar-refractivity contribution in [3.05, 3.63) is 22.4 Å². The van der Waals surface area contributed by atoms with Gasteiger partial charge in [0.1, 0.15) is 5.41 Å². The van der Waals surface area contributed by atoms with Gasteiger partial charge in [-0.2, -0.15) is 0 Å². The van der Waals surface area contributed by atoms with Gasteiger partial charge < -0.3 is 0 Å². The molecular weight excluding hydrogens is 276 g/mol. The van der Waals surface area contributed by atoms with E-state index in [4.69, 9.17) is 0 Å². The third-order valence-electron chi connectivity index (χ3n) is 3.51. The lowest BCUT2D eigenvalue weighted by Gasteiger charge is -2.38. The Labute approximate surface area is 122 Å². The molecule has 1 aliphatic heterocycles. The van der Waals surface area contributed by atoms with Crippen LogP contribution >= 0.6 is 11.3 Å². The largest absolute Gasteiger partial charge is 0.331 e. The molecule has 1 saturated heterocycles. The summed E-state index contributed by atoms with van der Waals surface area (Å²) in [4.78, 5) is 38.6. The molecule has 0 aromatic carbocycles. The molecule has 20 heavy (non-hydrogen) atoms. The van der Waals surface area contributed by atoms with Crippen molar-refractivity contribution in [2.75, 3.05) is 0 Å². The van der Waals surface area contributed by atoms with Crippen molar-refractivity contribution in [3.63, 3.8) is 0 Å². The molecule has 0 bridgehead atoms. The number of urea groups is 1. The summed E-state index contributed by atoms with van der Waals surface area (Å²) in [6.45, 7) is 5.09. The van der Waals surface area contributed by atoms with Crippen LogP contribution in [0.5, 0.6) is 0 Å². The zero-order valence-corrected chi connectivity index (χ0v) is 12.6. The van der Waals surface area contributed by atoms with Crippen LogP contribution in [-0.4, -0.2) is 22.7 Å². The van der Waals surface area contributed by atoms with Crippen LogP contribution in [0.1, 0.15) is 44.5 Å². The van der Waals surface area contributed by atoms with Gasteiger partial charge in [0, 0.05) is 4.88 Å². The molecule has 1 N–H and O–H groups in total. The van der Waals surface area contributed by atoms with Gasteiger partial charge in [-0.3, -0.25) is 19.8 Å². The van der Waals surface area contributed by atoms with Crippen molar-refractivity contribution in [1.29, 1.82) is 0 Å². The first-order valence-electron chi connectivity index (χ1n) is 6.62. The first-order chi connectivity index (χ1) is 9.39. The molecule has 1 aromatic rings. The summed E-state index contributed by atoms with van der Waals surface area (Å²) < 4.78 is 0. The number of rotatable bonds is 4. The summed E-state index contributed by atoms with van der Waals surface area (Å²) >= 11 is 1.51. The minimum absolute atomic E-state index is 0.306. The molecule has 0 saturated carbocycles. The molecule has 1 aliphatic rings. The lowest BCUT2D eigenvalue weighted by atomic mass is 9.87. The van der Waals surface area contributed by atoms with Crippen LogP contribution in [0, 0.1) is 5.41 Å². The van der Waals surface area contributed by atoms with Crippen molar-refractivity contribution >= 4 is 29.2 Å². The van der Waals surface area contributed by atoms with Crippen LogP contribution in [0.3, 0.4) is 0 Å². The van der Waals surface area contributed by atoms with E-state index in [0.717, 1.165) is 11.3 Å². The number of barbiturate groups is 1. The molecule has 0 spiro atoms. The Bertz CT molecular complexity index is 537. The first-order valence-corrected chi connectivity index (χ1v) is 7.50. The molecule has 2 rings (SSSR count). The van der Waals surface area contributed by atoms with E-state index in [1.807, 2.05) is 24.4 Å². The zero-order valence-electron chi connectivity index (χ0n) is 11.8. The SMILES string of the molecule is CCCC(c1cccs1)N1C(=O)NC(=O)C(C)(C)C1=O. The van der Waals surface area contributed by atoms with Gasteiger partial charge in [0.05, 0.1) is 6.04 Å². The molecule has 108 valence electrons. The van der Waals surface area contributed by atoms with E-state index < -0.39 is 23.3 Å². The van der Waals surface area contributed by atoms with E-state index in [1.54, 1.807) is 13.8 Å². The third-order valence-corrected chi connectivity index (χ3v) is 4.48. The molecule has 0 aliphatic carbocycles. The van der Waals surface area contributed by atoms with E-state index in [0.29, 0.717) is 6.42 Å². The Morgan fingerprint density at radius 2 is 2.05 bits per heavy atom. The zero-order chi connectivity index (χ0) is 14.9. The number of hydrogen-bond donors (Lipinski definition) is 1. The number of imide groups is 2. The number of thiophene rings is 1. The van der Waals surface area contributed by atoms with Gasteiger partial charge in [0.25, 0.3) is 0 Å². The van der Waals surface area contributed by atoms with Gasteiger partial charge in [0.15, 0.2) is 0 Å². The van der Waals surface area contributed by atoms with Gasteiger partial charge in [0.2, 0.25) is 11.8 Å². The number of carbonyl (C=O) groups excluding carboxylic acids is 3. The fraction of sp³-hybridized carbons (Fsp3) is 0.500. The first kappa shape index (κ1) is 14.7. The van der Waals surface area contributed by atoms with E-state index in [1.165, 1.54) is 16.2 Å². The van der Waals surface area contributed by atoms with Crippen molar-refractivity contribution < 1.29 is 14.4 Å². The van der Waals surface area contributed by atoms with Crippen LogP contribution in [0.4, 0.5) is 4.79 Å². The highest BCUT2D eigenvalue weighted by Gasteiger charge is 2.49. The Hall–Kier alpha value is -1.69. The summed E-state index contributed by atoms with van der Waals surface area (Å²) in [5.74, 6) is -0.969. The summed E-state index contributed by atoms with van der Waals surface area (Å²) in [5, 5.41) is 4.20. The highest BCUT2D eigenvalue weighted by atomic mass is 32.1. The molecule has 1 atom stereocenters. The summed E-state index contributed by atoms with van der Waals surface area (Å²) in [7, 11) is 0. The van der Waals surface area contributed by atoms with Crippen LogP contribution in [0.2, 0.25) is 0 Å². The average Bonchev–Trinajstić information content (AvgIpc) is 2.89. The molecule has 6 heteroatoms. The topological polar surface area (TPSA) is 66.5 Å². The fourth-order valence-electron chi connectivity index (χ4n) is 2.24. The van der Waals surface area contributed by atoms with Gasteiger partial charge in [-0.25, -0.2) is 4.79 Å². The monoisotopic (exact) mass is 294 g/mol. The third kappa shape index (κ3) is 2.35. The number of amides is 4. The lowest BCUT2D eigenvalue weighted by Crippen LogP contribution is -2.62. The van der Waals surface area contributed by atoms with Crippen molar-refractivity contribution in [1.82, 2.24) is 10.2 Å². The van der Waals surface area contributed by atoms with E-state index in [2.05, 4.69) is 5.32 Å². The van der Waals surface area contributed by atoms with Crippen molar-refractivity contribution in [3.8, 4) is 0 Å². The predicted molar refractivity (Wildman–Crippen MR) is 76.1 cm³/mol. The molecule has 0 radical (unpaired) electrons. The Morgan fingerprint density at radius 3 is 2.60 bits per heavy atom. The maximum absolute atomic E-state index is 12.5. The Morgan fingerprint density at radius 1 is 1.35 bits per heavy atom. The highest BCUT2D eigenvalue weighted by molar-refractivity contribution is 7.10. The molecule has 4 amide bonds. The highest BCUT2D eigenvalue weighted by Crippen LogP contribution is 2.35. The Balaban J connectivity index is 2.39. The summed E-state index contributed by atoms with van der Waals surface area (Å²) in [5.41, 5.74) is -1.21. The second-order valence-corrected chi connectivity index (χ2v) is 6.36. The number of nitrogens with zero attached hydrogens (tertiary/aromatic N) is 1. The fourth-order valence-corrected chi connectivity index (χ4v) is 3.09. The predicted octanol–water partition coefficient (Wildman–Crippen LogP) is 2.69. The van der Waals surface area contributed by atoms with Crippen LogP contribution < -0.4 is 5.32 Å². The van der Waals surface area contributed by atoms with Crippen LogP contribution in [-0.2, 0) is 9.59 Å². The van der Waals surface area contributed by atoms with Gasteiger partial charge in [-0.15, -0.1) is 11.3 Å². The standard InChI is InChI=1S/C14H18N2O3S/c1-4-6-9(10-7-5-8-20-10)16-12(18)14(2,3)11(17)15-13(16)19/h5,7-9H,4,6H2,1-3H3,(H,15,17,19). The number of hydrogen-bond acceptors (Lipinski definition) is 4. The molecule has 1 fully saturated rings. The minimum Gasteiger partial charge on any atom is -0.277 e. The quantitative estimate of drug-likeness (QED) is 0.868. The van der Waals surface area contributed by atoms with E-state index >= 15 is 0 Å². The normalized spacial score (nSPS) is 19.9. The molecule has 1 unspecified atom stereocenters.